The molecule has 0 unspecified atom stereocenters. The Bertz CT molecular complexity index is 1250. The Balaban J connectivity index is 1.85. The van der Waals surface area contributed by atoms with Crippen LogP contribution in [0.15, 0.2) is 11.8 Å². The second-order valence-corrected chi connectivity index (χ2v) is 13.3. The minimum atomic E-state index is -1.51. The third kappa shape index (κ3) is 12.2. The number of ether oxygens (including phenoxy) is 9. The van der Waals surface area contributed by atoms with E-state index in [2.05, 4.69) is 6.92 Å². The number of carbonyl (C=O) groups is 6. The molecule has 3 rings (SSSR count). The van der Waals surface area contributed by atoms with Gasteiger partial charge in [-0.2, -0.15) is 0 Å². The highest BCUT2D eigenvalue weighted by Gasteiger charge is 2.57. The number of carbonyl (C=O) groups excluding carboxylic acids is 6. The fourth-order valence-electron chi connectivity index (χ4n) is 7.02. The van der Waals surface area contributed by atoms with Crippen LogP contribution in [0.1, 0.15) is 106 Å². The van der Waals surface area contributed by atoms with Gasteiger partial charge < -0.3 is 42.6 Å². The lowest BCUT2D eigenvalue weighted by Crippen LogP contribution is -2.63. The number of unbranched alkanes of at least 4 members (excludes halogenated alkanes) is 7. The second-order valence-electron chi connectivity index (χ2n) is 13.3. The van der Waals surface area contributed by atoms with Crippen molar-refractivity contribution in [1.82, 2.24) is 0 Å². The molecule has 3 aliphatic rings. The summed E-state index contributed by atoms with van der Waals surface area (Å²) in [6, 6.07) is 0. The van der Waals surface area contributed by atoms with Crippen LogP contribution in [0.3, 0.4) is 0 Å². The van der Waals surface area contributed by atoms with Crippen LogP contribution in [0.25, 0.3) is 0 Å². The number of hydrogen-bond acceptors (Lipinski definition) is 15. The molecule has 1 saturated heterocycles. The van der Waals surface area contributed by atoms with Crippen molar-refractivity contribution in [2.24, 2.45) is 17.8 Å². The van der Waals surface area contributed by atoms with E-state index in [-0.39, 0.29) is 24.3 Å². The van der Waals surface area contributed by atoms with Gasteiger partial charge in [0.15, 0.2) is 18.3 Å². The molecule has 288 valence electrons. The summed E-state index contributed by atoms with van der Waals surface area (Å²) in [7, 11) is 1.24. The monoisotopic (exact) mass is 726 g/mol. The van der Waals surface area contributed by atoms with Gasteiger partial charge in [-0.05, 0) is 12.8 Å². The molecular weight excluding hydrogens is 672 g/mol. The zero-order chi connectivity index (χ0) is 37.7. The molecule has 0 amide bonds. The van der Waals surface area contributed by atoms with E-state index < -0.39 is 97.4 Å². The average Bonchev–Trinajstić information content (AvgIpc) is 3.38. The van der Waals surface area contributed by atoms with Gasteiger partial charge in [-0.3, -0.25) is 24.0 Å². The highest BCUT2D eigenvalue weighted by Crippen LogP contribution is 2.49. The van der Waals surface area contributed by atoms with Crippen molar-refractivity contribution in [3.63, 3.8) is 0 Å². The highest BCUT2D eigenvalue weighted by atomic mass is 16.8. The molecule has 0 radical (unpaired) electrons. The number of hydrogen-bond donors (Lipinski definition) is 0. The van der Waals surface area contributed by atoms with Crippen LogP contribution in [0, 0.1) is 17.8 Å². The Morgan fingerprint density at radius 3 is 1.90 bits per heavy atom. The average molecular weight is 727 g/mol. The Labute approximate surface area is 299 Å². The van der Waals surface area contributed by atoms with Crippen LogP contribution >= 0.6 is 0 Å². The first-order chi connectivity index (χ1) is 24.3. The summed E-state index contributed by atoms with van der Waals surface area (Å²) < 4.78 is 51.2. The minimum absolute atomic E-state index is 0.165. The lowest BCUT2D eigenvalue weighted by Gasteiger charge is -2.46. The molecule has 0 aromatic rings. The first kappa shape index (κ1) is 41.7. The van der Waals surface area contributed by atoms with Crippen molar-refractivity contribution in [2.45, 2.75) is 149 Å². The zero-order valence-corrected chi connectivity index (χ0v) is 30.8. The Morgan fingerprint density at radius 2 is 1.31 bits per heavy atom. The van der Waals surface area contributed by atoms with Crippen molar-refractivity contribution in [3.8, 4) is 0 Å². The van der Waals surface area contributed by atoms with Crippen molar-refractivity contribution in [1.29, 1.82) is 0 Å². The first-order valence-corrected chi connectivity index (χ1v) is 17.9. The zero-order valence-electron chi connectivity index (χ0n) is 30.8. The van der Waals surface area contributed by atoms with Gasteiger partial charge in [0.05, 0.1) is 18.9 Å². The van der Waals surface area contributed by atoms with Crippen LogP contribution in [0.4, 0.5) is 0 Å². The van der Waals surface area contributed by atoms with Gasteiger partial charge in [0.1, 0.15) is 18.8 Å². The van der Waals surface area contributed by atoms with E-state index >= 15 is 0 Å². The van der Waals surface area contributed by atoms with Gasteiger partial charge in [0, 0.05) is 51.9 Å². The molecule has 10 atom stereocenters. The summed E-state index contributed by atoms with van der Waals surface area (Å²) >= 11 is 0. The SMILES string of the molecule is CCCCCCCCCCC(=O)OC[C@H]1O[C@@H](O[C@@H]2OC=C(C(=O)OC)[C@H]3C[C@H](OC(C)=O)[C@H](C)[C@@H]23)[C@H](OC(C)=O)[C@@H](OC(C)=O)[C@@H]1OC(C)=O. The normalized spacial score (nSPS) is 29.7. The molecular formula is C36H54O15. The van der Waals surface area contributed by atoms with Crippen LogP contribution in [0.5, 0.6) is 0 Å². The smallest absolute Gasteiger partial charge is 0.337 e. The third-order valence-corrected chi connectivity index (χ3v) is 9.33. The molecule has 0 aromatic heterocycles. The van der Waals surface area contributed by atoms with Gasteiger partial charge >= 0.3 is 35.8 Å². The van der Waals surface area contributed by atoms with Gasteiger partial charge in [-0.1, -0.05) is 58.8 Å². The molecule has 0 aromatic carbocycles. The van der Waals surface area contributed by atoms with Gasteiger partial charge in [-0.25, -0.2) is 4.79 Å². The Kier molecular flexibility index (Phi) is 16.6. The van der Waals surface area contributed by atoms with Crippen molar-refractivity contribution < 1.29 is 71.4 Å². The van der Waals surface area contributed by atoms with Crippen LogP contribution in [0.2, 0.25) is 0 Å². The molecule has 51 heavy (non-hydrogen) atoms. The second kappa shape index (κ2) is 20.4. The fraction of sp³-hybridized carbons (Fsp3) is 0.778. The maximum atomic E-state index is 12.8. The molecule has 0 N–H and O–H groups in total. The predicted octanol–water partition coefficient (Wildman–Crippen LogP) is 4.21. The topological polar surface area (TPSA) is 185 Å². The minimum Gasteiger partial charge on any atom is -0.472 e. The molecule has 0 spiro atoms. The standard InChI is InChI=1S/C36H54O15/c1-8-9-10-11-12-13-14-15-16-29(41)44-19-28-31(47-22(4)38)32(48-23(5)39)33(49-24(6)40)36(50-28)51-35-30-20(2)27(46-21(3)37)17-25(30)26(18-45-35)34(42)43-7/h18,20,25,27-28,30-33,35-36H,8-17,19H2,1-7H3/t20-,25+,27-,28+,30+,31+,32-,33+,35-,36-/m0/s1. The first-order valence-electron chi connectivity index (χ1n) is 17.9. The van der Waals surface area contributed by atoms with E-state index in [1.165, 1.54) is 39.6 Å². The lowest BCUT2D eigenvalue weighted by molar-refractivity contribution is -0.345. The van der Waals surface area contributed by atoms with Crippen LogP contribution in [-0.4, -0.2) is 92.6 Å². The maximum absolute atomic E-state index is 12.8. The molecule has 2 fully saturated rings. The highest BCUT2D eigenvalue weighted by molar-refractivity contribution is 5.89. The predicted molar refractivity (Wildman–Crippen MR) is 176 cm³/mol. The van der Waals surface area contributed by atoms with E-state index in [1.54, 1.807) is 0 Å². The molecule has 1 saturated carbocycles. The molecule has 15 heteroatoms. The molecule has 1 aliphatic carbocycles. The number of fused-ring (bicyclic) bond motifs is 1. The van der Waals surface area contributed by atoms with Crippen LogP contribution in [-0.2, 0) is 71.4 Å². The molecule has 0 bridgehead atoms. The summed E-state index contributed by atoms with van der Waals surface area (Å²) in [6.45, 7) is 8.25. The number of methoxy groups -OCH3 is 1. The van der Waals surface area contributed by atoms with E-state index in [4.69, 9.17) is 42.6 Å². The summed E-state index contributed by atoms with van der Waals surface area (Å²) in [5, 5.41) is 0. The summed E-state index contributed by atoms with van der Waals surface area (Å²) in [5.41, 5.74) is 0.221. The van der Waals surface area contributed by atoms with Crippen molar-refractivity contribution >= 4 is 35.8 Å². The quantitative estimate of drug-likeness (QED) is 0.111. The third-order valence-electron chi connectivity index (χ3n) is 9.33. The van der Waals surface area contributed by atoms with Crippen LogP contribution < -0.4 is 0 Å². The van der Waals surface area contributed by atoms with Gasteiger partial charge in [-0.15, -0.1) is 0 Å². The number of esters is 6. The Hall–Kier alpha value is -3.72. The van der Waals surface area contributed by atoms with Gasteiger partial charge in [0.2, 0.25) is 12.6 Å². The maximum Gasteiger partial charge on any atom is 0.337 e. The largest absolute Gasteiger partial charge is 0.472 e. The fourth-order valence-corrected chi connectivity index (χ4v) is 7.02. The molecule has 2 heterocycles. The van der Waals surface area contributed by atoms with Gasteiger partial charge in [0.25, 0.3) is 0 Å². The van der Waals surface area contributed by atoms with E-state index in [0.29, 0.717) is 6.42 Å². The van der Waals surface area contributed by atoms with E-state index in [9.17, 15) is 28.8 Å². The molecule has 2 aliphatic heterocycles. The van der Waals surface area contributed by atoms with Crippen molar-refractivity contribution in [3.05, 3.63) is 11.8 Å². The summed E-state index contributed by atoms with van der Waals surface area (Å²) in [5.74, 6) is -5.44. The molecule has 15 nitrogen and oxygen atoms in total. The van der Waals surface area contributed by atoms with E-state index in [1.807, 2.05) is 6.92 Å². The lowest BCUT2D eigenvalue weighted by atomic mass is 9.83. The Morgan fingerprint density at radius 1 is 0.745 bits per heavy atom. The summed E-state index contributed by atoms with van der Waals surface area (Å²) in [4.78, 5) is 74.3. The van der Waals surface area contributed by atoms with E-state index in [0.717, 1.165) is 46.5 Å². The number of rotatable bonds is 18. The van der Waals surface area contributed by atoms with Crippen molar-refractivity contribution in [2.75, 3.05) is 13.7 Å². The summed E-state index contributed by atoms with van der Waals surface area (Å²) in [6.07, 6.45) is 1.25.